The van der Waals surface area contributed by atoms with Gasteiger partial charge in [-0.15, -0.1) is 11.3 Å². The molecule has 1 aromatic heterocycles. The lowest BCUT2D eigenvalue weighted by molar-refractivity contribution is 0.0792. The van der Waals surface area contributed by atoms with E-state index in [1.54, 1.807) is 6.20 Å². The molecule has 2 heterocycles. The fourth-order valence-corrected chi connectivity index (χ4v) is 3.97. The first kappa shape index (κ1) is 15.5. The number of likely N-dealkylation sites (tertiary alicyclic amines) is 1. The number of nitrogens with zero attached hydrogens (tertiary/aromatic N) is 2. The van der Waals surface area contributed by atoms with Gasteiger partial charge in [0.15, 0.2) is 0 Å². The van der Waals surface area contributed by atoms with Crippen LogP contribution in [-0.2, 0) is 0 Å². The number of carbonyl (C=O) groups is 1. The largest absolute Gasteiger partial charge is 0.338 e. The minimum Gasteiger partial charge on any atom is -0.338 e. The molecule has 2 aromatic rings. The molecule has 0 saturated carbocycles. The van der Waals surface area contributed by atoms with Crippen molar-refractivity contribution in [2.45, 2.75) is 6.42 Å². The molecule has 1 atom stereocenters. The first-order valence-corrected chi connectivity index (χ1v) is 8.53. The number of carbonyl (C=O) groups excluding carboxylic acids is 1. The van der Waals surface area contributed by atoms with Crippen molar-refractivity contribution < 1.29 is 4.79 Å². The summed E-state index contributed by atoms with van der Waals surface area (Å²) in [6.45, 7) is 2.60. The quantitative estimate of drug-likeness (QED) is 0.933. The fourth-order valence-electron chi connectivity index (χ4n) is 2.76. The van der Waals surface area contributed by atoms with E-state index in [9.17, 15) is 4.79 Å². The summed E-state index contributed by atoms with van der Waals surface area (Å²) in [5, 5.41) is 4.63. The van der Waals surface area contributed by atoms with E-state index in [0.717, 1.165) is 36.6 Å². The molecule has 0 unspecified atom stereocenters. The standard InChI is InChI=1S/C16H18ClN3OS/c1-18-8-11-6-7-20(10-11)16(21)14-9-19-15(22-14)12-4-2-3-5-13(12)17/h2-5,9,11,18H,6-8,10H2,1H3/t11-/m1/s1. The van der Waals surface area contributed by atoms with Crippen molar-refractivity contribution in [3.63, 3.8) is 0 Å². The van der Waals surface area contributed by atoms with E-state index in [1.165, 1.54) is 11.3 Å². The highest BCUT2D eigenvalue weighted by Crippen LogP contribution is 2.31. The smallest absolute Gasteiger partial charge is 0.265 e. The molecule has 1 fully saturated rings. The lowest BCUT2D eigenvalue weighted by atomic mass is 10.1. The lowest BCUT2D eigenvalue weighted by Crippen LogP contribution is -2.29. The Morgan fingerprint density at radius 3 is 3.09 bits per heavy atom. The molecule has 1 aliphatic rings. The van der Waals surface area contributed by atoms with E-state index < -0.39 is 0 Å². The Labute approximate surface area is 139 Å². The Morgan fingerprint density at radius 2 is 2.32 bits per heavy atom. The van der Waals surface area contributed by atoms with Gasteiger partial charge in [-0.25, -0.2) is 4.98 Å². The third kappa shape index (κ3) is 3.16. The molecule has 3 rings (SSSR count). The summed E-state index contributed by atoms with van der Waals surface area (Å²) in [5.41, 5.74) is 0.877. The van der Waals surface area contributed by atoms with Crippen LogP contribution in [0.3, 0.4) is 0 Å². The molecule has 0 aliphatic carbocycles. The molecule has 0 spiro atoms. The van der Waals surface area contributed by atoms with E-state index in [2.05, 4.69) is 10.3 Å². The zero-order valence-corrected chi connectivity index (χ0v) is 14.0. The number of hydrogen-bond acceptors (Lipinski definition) is 4. The zero-order valence-electron chi connectivity index (χ0n) is 12.4. The van der Waals surface area contributed by atoms with Crippen LogP contribution in [0.25, 0.3) is 10.6 Å². The Morgan fingerprint density at radius 1 is 1.50 bits per heavy atom. The van der Waals surface area contributed by atoms with E-state index in [-0.39, 0.29) is 5.91 Å². The van der Waals surface area contributed by atoms with E-state index >= 15 is 0 Å². The maximum atomic E-state index is 12.6. The SMILES string of the molecule is CNC[C@H]1CCN(C(=O)c2cnc(-c3ccccc3Cl)s2)C1. The van der Waals surface area contributed by atoms with Crippen LogP contribution in [0.15, 0.2) is 30.5 Å². The maximum Gasteiger partial charge on any atom is 0.265 e. The van der Waals surface area contributed by atoms with Crippen LogP contribution >= 0.6 is 22.9 Å². The van der Waals surface area contributed by atoms with Crippen LogP contribution in [0.2, 0.25) is 5.02 Å². The number of thiazole rings is 1. The predicted octanol–water partition coefficient (Wildman–Crippen LogP) is 3.15. The summed E-state index contributed by atoms with van der Waals surface area (Å²) in [4.78, 5) is 19.5. The van der Waals surface area contributed by atoms with Crippen LogP contribution in [0, 0.1) is 5.92 Å². The zero-order chi connectivity index (χ0) is 15.5. The van der Waals surface area contributed by atoms with Gasteiger partial charge >= 0.3 is 0 Å². The minimum absolute atomic E-state index is 0.0782. The highest BCUT2D eigenvalue weighted by Gasteiger charge is 2.27. The minimum atomic E-state index is 0.0782. The van der Waals surface area contributed by atoms with Crippen molar-refractivity contribution in [3.05, 3.63) is 40.4 Å². The second kappa shape index (κ2) is 6.77. The average Bonchev–Trinajstić information content (AvgIpc) is 3.17. The van der Waals surface area contributed by atoms with Crippen molar-refractivity contribution in [2.24, 2.45) is 5.92 Å². The average molecular weight is 336 g/mol. The van der Waals surface area contributed by atoms with Gasteiger partial charge in [0.2, 0.25) is 0 Å². The number of benzene rings is 1. The lowest BCUT2D eigenvalue weighted by Gasteiger charge is -2.15. The van der Waals surface area contributed by atoms with Crippen LogP contribution in [0.5, 0.6) is 0 Å². The molecule has 1 aromatic carbocycles. The van der Waals surface area contributed by atoms with Gasteiger partial charge in [-0.05, 0) is 32.0 Å². The van der Waals surface area contributed by atoms with Crippen LogP contribution < -0.4 is 5.32 Å². The number of halogens is 1. The van der Waals surface area contributed by atoms with Gasteiger partial charge in [0.05, 0.1) is 11.2 Å². The molecule has 0 bridgehead atoms. The molecule has 1 saturated heterocycles. The molecule has 0 radical (unpaired) electrons. The molecule has 116 valence electrons. The van der Waals surface area contributed by atoms with Crippen molar-refractivity contribution in [3.8, 4) is 10.6 Å². The summed E-state index contributed by atoms with van der Waals surface area (Å²) in [7, 11) is 1.95. The second-order valence-electron chi connectivity index (χ2n) is 5.47. The molecule has 4 nitrogen and oxygen atoms in total. The Balaban J connectivity index is 1.74. The van der Waals surface area contributed by atoms with E-state index in [4.69, 9.17) is 11.6 Å². The van der Waals surface area contributed by atoms with Gasteiger partial charge in [-0.1, -0.05) is 29.8 Å². The number of amides is 1. The molecular weight excluding hydrogens is 318 g/mol. The molecular formula is C16H18ClN3OS. The molecule has 22 heavy (non-hydrogen) atoms. The van der Waals surface area contributed by atoms with Gasteiger partial charge in [0.25, 0.3) is 5.91 Å². The molecule has 1 N–H and O–H groups in total. The van der Waals surface area contributed by atoms with Gasteiger partial charge in [-0.3, -0.25) is 4.79 Å². The fraction of sp³-hybridized carbons (Fsp3) is 0.375. The Bertz CT molecular complexity index is 673. The summed E-state index contributed by atoms with van der Waals surface area (Å²) < 4.78 is 0. The van der Waals surface area contributed by atoms with Gasteiger partial charge in [0.1, 0.15) is 9.88 Å². The molecule has 6 heteroatoms. The second-order valence-corrected chi connectivity index (χ2v) is 6.91. The highest BCUT2D eigenvalue weighted by molar-refractivity contribution is 7.17. The summed E-state index contributed by atoms with van der Waals surface area (Å²) in [6.07, 6.45) is 2.72. The Kier molecular flexibility index (Phi) is 4.76. The maximum absolute atomic E-state index is 12.6. The van der Waals surface area contributed by atoms with E-state index in [0.29, 0.717) is 15.8 Å². The third-order valence-electron chi connectivity index (χ3n) is 3.89. The first-order chi connectivity index (χ1) is 10.7. The summed E-state index contributed by atoms with van der Waals surface area (Å²) in [6, 6.07) is 7.57. The predicted molar refractivity (Wildman–Crippen MR) is 90.5 cm³/mol. The van der Waals surface area contributed by atoms with Crippen molar-refractivity contribution in [1.29, 1.82) is 0 Å². The van der Waals surface area contributed by atoms with Crippen LogP contribution in [-0.4, -0.2) is 42.5 Å². The van der Waals surface area contributed by atoms with Gasteiger partial charge < -0.3 is 10.2 Å². The topological polar surface area (TPSA) is 45.2 Å². The third-order valence-corrected chi connectivity index (χ3v) is 5.23. The monoisotopic (exact) mass is 335 g/mol. The number of hydrogen-bond donors (Lipinski definition) is 1. The Hall–Kier alpha value is -1.43. The van der Waals surface area contributed by atoms with Crippen molar-refractivity contribution in [1.82, 2.24) is 15.2 Å². The van der Waals surface area contributed by atoms with Gasteiger partial charge in [0, 0.05) is 18.7 Å². The molecule has 1 aliphatic heterocycles. The summed E-state index contributed by atoms with van der Waals surface area (Å²) in [5.74, 6) is 0.624. The van der Waals surface area contributed by atoms with Gasteiger partial charge in [-0.2, -0.15) is 0 Å². The highest BCUT2D eigenvalue weighted by atomic mass is 35.5. The number of aromatic nitrogens is 1. The first-order valence-electron chi connectivity index (χ1n) is 7.33. The number of rotatable bonds is 4. The molecule has 1 amide bonds. The van der Waals surface area contributed by atoms with Crippen molar-refractivity contribution in [2.75, 3.05) is 26.7 Å². The normalized spacial score (nSPS) is 17.9. The van der Waals surface area contributed by atoms with E-state index in [1.807, 2.05) is 36.2 Å². The van der Waals surface area contributed by atoms with Crippen LogP contribution in [0.4, 0.5) is 0 Å². The van der Waals surface area contributed by atoms with Crippen LogP contribution in [0.1, 0.15) is 16.1 Å². The number of nitrogens with one attached hydrogen (secondary N) is 1. The van der Waals surface area contributed by atoms with Crippen molar-refractivity contribution >= 4 is 28.8 Å². The summed E-state index contributed by atoms with van der Waals surface area (Å²) >= 11 is 7.60.